The van der Waals surface area contributed by atoms with Gasteiger partial charge in [0.05, 0.1) is 14.2 Å². The minimum atomic E-state index is -0.854. The number of hydrogen-bond acceptors (Lipinski definition) is 4. The fraction of sp³-hybridized carbons (Fsp3) is 0.231. The Morgan fingerprint density at radius 3 is 2.52 bits per heavy atom. The van der Waals surface area contributed by atoms with E-state index in [2.05, 4.69) is 11.9 Å². The molecule has 2 N–H and O–H groups in total. The zero-order chi connectivity index (χ0) is 22.5. The molecule has 0 spiro atoms. The Morgan fingerprint density at radius 1 is 1.06 bits per heavy atom. The monoisotopic (exact) mass is 437 g/mol. The SMILES string of the molecule is C=C(C)c1cc(OC)ccc1CNc1ccc(Cl)cc1C(O)c1cccc(OC)c1C. The lowest BCUT2D eigenvalue weighted by Crippen LogP contribution is -2.09. The van der Waals surface area contributed by atoms with Crippen LogP contribution in [0.25, 0.3) is 5.57 Å². The minimum absolute atomic E-state index is 0.560. The van der Waals surface area contributed by atoms with Crippen molar-refractivity contribution in [1.29, 1.82) is 0 Å². The highest BCUT2D eigenvalue weighted by Crippen LogP contribution is 2.35. The minimum Gasteiger partial charge on any atom is -0.497 e. The van der Waals surface area contributed by atoms with Crippen LogP contribution in [0, 0.1) is 6.92 Å². The number of aliphatic hydroxyl groups excluding tert-OH is 1. The third-order valence-corrected chi connectivity index (χ3v) is 5.63. The molecule has 0 aliphatic heterocycles. The first-order valence-corrected chi connectivity index (χ1v) is 10.4. The van der Waals surface area contributed by atoms with Gasteiger partial charge >= 0.3 is 0 Å². The van der Waals surface area contributed by atoms with E-state index in [0.717, 1.165) is 45.0 Å². The van der Waals surface area contributed by atoms with Crippen LogP contribution in [-0.4, -0.2) is 19.3 Å². The highest BCUT2D eigenvalue weighted by atomic mass is 35.5. The van der Waals surface area contributed by atoms with Crippen molar-refractivity contribution in [3.63, 3.8) is 0 Å². The van der Waals surface area contributed by atoms with Gasteiger partial charge in [-0.15, -0.1) is 0 Å². The summed E-state index contributed by atoms with van der Waals surface area (Å²) in [4.78, 5) is 0. The Morgan fingerprint density at radius 2 is 1.84 bits per heavy atom. The van der Waals surface area contributed by atoms with Crippen molar-refractivity contribution in [2.45, 2.75) is 26.5 Å². The molecule has 0 aliphatic rings. The summed E-state index contributed by atoms with van der Waals surface area (Å²) in [5, 5.41) is 15.2. The Labute approximate surface area is 189 Å². The zero-order valence-electron chi connectivity index (χ0n) is 18.3. The van der Waals surface area contributed by atoms with Crippen LogP contribution in [0.3, 0.4) is 0 Å². The number of rotatable bonds is 8. The zero-order valence-corrected chi connectivity index (χ0v) is 19.1. The molecule has 3 aromatic carbocycles. The standard InChI is InChI=1S/C26H28ClNO3/c1-16(2)22-14-20(30-4)11-9-18(22)15-28-24-12-10-19(27)13-23(24)26(29)21-7-6-8-25(31-5)17(21)3/h6-14,26,28-29H,1,15H2,2-5H3. The summed E-state index contributed by atoms with van der Waals surface area (Å²) in [7, 11) is 3.27. The Hall–Kier alpha value is -2.95. The maximum atomic E-state index is 11.2. The first kappa shape index (κ1) is 22.7. The van der Waals surface area contributed by atoms with E-state index in [9.17, 15) is 5.11 Å². The van der Waals surface area contributed by atoms with Gasteiger partial charge in [0.25, 0.3) is 0 Å². The van der Waals surface area contributed by atoms with Crippen LogP contribution in [0.1, 0.15) is 40.8 Å². The maximum absolute atomic E-state index is 11.2. The second-order valence-corrected chi connectivity index (χ2v) is 7.90. The van der Waals surface area contributed by atoms with Crippen LogP contribution in [0.15, 0.2) is 61.2 Å². The molecule has 0 aromatic heterocycles. The molecule has 5 heteroatoms. The van der Waals surface area contributed by atoms with Crippen molar-refractivity contribution in [1.82, 2.24) is 0 Å². The number of halogens is 1. The molecule has 162 valence electrons. The molecule has 1 unspecified atom stereocenters. The molecule has 0 saturated carbocycles. The molecule has 4 nitrogen and oxygen atoms in total. The van der Waals surface area contributed by atoms with E-state index >= 15 is 0 Å². The fourth-order valence-corrected chi connectivity index (χ4v) is 3.84. The third kappa shape index (κ3) is 5.04. The molecule has 0 fully saturated rings. The number of anilines is 1. The van der Waals surface area contributed by atoms with Gasteiger partial charge < -0.3 is 19.9 Å². The lowest BCUT2D eigenvalue weighted by molar-refractivity contribution is 0.219. The van der Waals surface area contributed by atoms with Crippen molar-refractivity contribution in [3.8, 4) is 11.5 Å². The van der Waals surface area contributed by atoms with Gasteiger partial charge in [-0.05, 0) is 72.5 Å². The predicted molar refractivity (Wildman–Crippen MR) is 128 cm³/mol. The molecule has 31 heavy (non-hydrogen) atoms. The first-order valence-electron chi connectivity index (χ1n) is 10.0. The normalized spacial score (nSPS) is 11.7. The highest BCUT2D eigenvalue weighted by Gasteiger charge is 2.19. The average molecular weight is 438 g/mol. The number of allylic oxidation sites excluding steroid dienone is 1. The number of benzene rings is 3. The summed E-state index contributed by atoms with van der Waals surface area (Å²) in [6, 6.07) is 17.1. The van der Waals surface area contributed by atoms with Crippen LogP contribution in [0.4, 0.5) is 5.69 Å². The lowest BCUT2D eigenvalue weighted by Gasteiger charge is -2.21. The molecule has 0 amide bonds. The summed E-state index contributed by atoms with van der Waals surface area (Å²) in [6.45, 7) is 8.56. The van der Waals surface area contributed by atoms with Crippen LogP contribution in [-0.2, 0) is 6.54 Å². The van der Waals surface area contributed by atoms with Crippen LogP contribution >= 0.6 is 11.6 Å². The van der Waals surface area contributed by atoms with Crippen molar-refractivity contribution in [2.24, 2.45) is 0 Å². The summed E-state index contributed by atoms with van der Waals surface area (Å²) in [6.07, 6.45) is -0.854. The molecular weight excluding hydrogens is 410 g/mol. The fourth-order valence-electron chi connectivity index (χ4n) is 3.66. The van der Waals surface area contributed by atoms with Crippen LogP contribution in [0.2, 0.25) is 5.02 Å². The third-order valence-electron chi connectivity index (χ3n) is 5.39. The number of nitrogens with one attached hydrogen (secondary N) is 1. The first-order chi connectivity index (χ1) is 14.8. The smallest absolute Gasteiger partial charge is 0.122 e. The molecule has 3 rings (SSSR count). The van der Waals surface area contributed by atoms with E-state index in [4.69, 9.17) is 21.1 Å². The summed E-state index contributed by atoms with van der Waals surface area (Å²) in [5.41, 5.74) is 6.25. The highest BCUT2D eigenvalue weighted by molar-refractivity contribution is 6.30. The van der Waals surface area contributed by atoms with Gasteiger partial charge in [-0.2, -0.15) is 0 Å². The van der Waals surface area contributed by atoms with E-state index < -0.39 is 6.10 Å². The van der Waals surface area contributed by atoms with Gasteiger partial charge in [0, 0.05) is 22.8 Å². The Bertz CT molecular complexity index is 1090. The van der Waals surface area contributed by atoms with E-state index in [1.165, 1.54) is 0 Å². The Balaban J connectivity index is 1.94. The number of methoxy groups -OCH3 is 2. The second kappa shape index (κ2) is 9.90. The molecule has 0 radical (unpaired) electrons. The summed E-state index contributed by atoms with van der Waals surface area (Å²) in [5.74, 6) is 1.52. The molecule has 0 saturated heterocycles. The molecule has 0 aliphatic carbocycles. The Kier molecular flexibility index (Phi) is 7.26. The van der Waals surface area contributed by atoms with Crippen LogP contribution in [0.5, 0.6) is 11.5 Å². The number of aliphatic hydroxyl groups is 1. The number of hydrogen-bond donors (Lipinski definition) is 2. The molecule has 1 atom stereocenters. The van der Waals surface area contributed by atoms with E-state index in [0.29, 0.717) is 17.1 Å². The quantitative estimate of drug-likeness (QED) is 0.428. The molecular formula is C26H28ClNO3. The van der Waals surface area contributed by atoms with E-state index in [1.54, 1.807) is 20.3 Å². The average Bonchev–Trinajstić information content (AvgIpc) is 2.77. The summed E-state index contributed by atoms with van der Waals surface area (Å²) >= 11 is 6.27. The van der Waals surface area contributed by atoms with Gasteiger partial charge in [0.1, 0.15) is 17.6 Å². The predicted octanol–water partition coefficient (Wildman–Crippen LogP) is 6.39. The lowest BCUT2D eigenvalue weighted by atomic mass is 9.95. The molecule has 3 aromatic rings. The largest absolute Gasteiger partial charge is 0.497 e. The van der Waals surface area contributed by atoms with E-state index in [-0.39, 0.29) is 0 Å². The van der Waals surface area contributed by atoms with Gasteiger partial charge in [-0.3, -0.25) is 0 Å². The maximum Gasteiger partial charge on any atom is 0.122 e. The molecule has 0 heterocycles. The van der Waals surface area contributed by atoms with Gasteiger partial charge in [0.2, 0.25) is 0 Å². The van der Waals surface area contributed by atoms with E-state index in [1.807, 2.05) is 62.4 Å². The van der Waals surface area contributed by atoms with Gasteiger partial charge in [-0.1, -0.05) is 42.0 Å². The van der Waals surface area contributed by atoms with Gasteiger partial charge in [-0.25, -0.2) is 0 Å². The van der Waals surface area contributed by atoms with Crippen LogP contribution < -0.4 is 14.8 Å². The molecule has 0 bridgehead atoms. The van der Waals surface area contributed by atoms with Crippen molar-refractivity contribution in [3.05, 3.63) is 94.0 Å². The topological polar surface area (TPSA) is 50.7 Å². The second-order valence-electron chi connectivity index (χ2n) is 7.47. The number of ether oxygens (including phenoxy) is 2. The summed E-state index contributed by atoms with van der Waals surface area (Å²) < 4.78 is 10.8. The van der Waals surface area contributed by atoms with Crippen molar-refractivity contribution >= 4 is 22.9 Å². The van der Waals surface area contributed by atoms with Crippen molar-refractivity contribution < 1.29 is 14.6 Å². The van der Waals surface area contributed by atoms with Gasteiger partial charge in [0.15, 0.2) is 0 Å². The van der Waals surface area contributed by atoms with Crippen molar-refractivity contribution in [2.75, 3.05) is 19.5 Å².